The Balaban J connectivity index is 0. The number of ether oxygens (including phenoxy) is 2. The summed E-state index contributed by atoms with van der Waals surface area (Å²) in [5.74, 6) is 1.50. The van der Waals surface area contributed by atoms with E-state index in [2.05, 4.69) is 13.8 Å². The van der Waals surface area contributed by atoms with E-state index in [0.717, 1.165) is 12.3 Å². The summed E-state index contributed by atoms with van der Waals surface area (Å²) < 4.78 is 11.4. The van der Waals surface area contributed by atoms with Crippen molar-refractivity contribution in [3.63, 3.8) is 0 Å². The topological polar surface area (TPSA) is 72.9 Å². The van der Waals surface area contributed by atoms with Gasteiger partial charge in [-0.25, -0.2) is 0 Å². The van der Waals surface area contributed by atoms with Crippen molar-refractivity contribution >= 4 is 17.5 Å². The zero-order valence-corrected chi connectivity index (χ0v) is 23.4. The predicted octanol–water partition coefficient (Wildman–Crippen LogP) is 3.72. The number of Topliss-reactive ketones (excluding diaryl/α,β-unsaturated/α-hetero) is 2. The van der Waals surface area contributed by atoms with Gasteiger partial charge in [-0.05, 0) is 0 Å². The number of rotatable bonds is 16. The number of hydrogen-bond acceptors (Lipinski definition) is 5. The molecule has 0 spiro atoms. The Bertz CT molecular complexity index is 480. The number of nitrogens with zero attached hydrogens (tertiary/aromatic N) is 1. The van der Waals surface area contributed by atoms with Gasteiger partial charge in [-0.1, -0.05) is 47.5 Å². The minimum absolute atomic E-state index is 0. The van der Waals surface area contributed by atoms with Crippen LogP contribution in [0.4, 0.5) is 0 Å². The first-order valence-corrected chi connectivity index (χ1v) is 10.8. The van der Waals surface area contributed by atoms with E-state index in [1.54, 1.807) is 11.9 Å². The Morgan fingerprint density at radius 1 is 0.833 bits per heavy atom. The van der Waals surface area contributed by atoms with E-state index in [-0.39, 0.29) is 77.1 Å². The summed E-state index contributed by atoms with van der Waals surface area (Å²) in [6.45, 7) is 14.8. The Hall–Kier alpha value is -0.0234. The fraction of sp³-hybridized carbons (Fsp3) is 0.826. The van der Waals surface area contributed by atoms with Gasteiger partial charge in [0.15, 0.2) is 0 Å². The van der Waals surface area contributed by atoms with E-state index in [1.807, 2.05) is 34.6 Å². The molecule has 7 heteroatoms. The van der Waals surface area contributed by atoms with Gasteiger partial charge in [0.25, 0.3) is 0 Å². The number of likely N-dealkylation sites (N-methyl/N-ethyl adjacent to an activating group) is 1. The minimum atomic E-state index is -0.270. The predicted molar refractivity (Wildman–Crippen MR) is 115 cm³/mol. The number of carbonyl (C=O) groups is 3. The molecule has 30 heavy (non-hydrogen) atoms. The zero-order valence-electron chi connectivity index (χ0n) is 20.2. The first kappa shape index (κ1) is 32.2. The molecule has 0 saturated carbocycles. The summed E-state index contributed by atoms with van der Waals surface area (Å²) in [5, 5.41) is 0. The van der Waals surface area contributed by atoms with Crippen molar-refractivity contribution in [1.29, 1.82) is 0 Å². The molecule has 0 atom stereocenters. The molecule has 0 aliphatic carbocycles. The average molecular weight is 553 g/mol. The smallest absolute Gasteiger partial charge is 0.137 e. The molecule has 6 nitrogen and oxygen atoms in total. The van der Waals surface area contributed by atoms with Gasteiger partial charge in [-0.15, -0.1) is 0 Å². The maximum absolute atomic E-state index is 12.7. The summed E-state index contributed by atoms with van der Waals surface area (Å²) in [5.41, 5.74) is 0. The van der Waals surface area contributed by atoms with Gasteiger partial charge in [-0.2, -0.15) is 13.3 Å². The van der Waals surface area contributed by atoms with Gasteiger partial charge >= 0.3 is 0 Å². The molecule has 0 aromatic rings. The van der Waals surface area contributed by atoms with Gasteiger partial charge in [0.2, 0.25) is 0 Å². The fourth-order valence-electron chi connectivity index (χ4n) is 2.80. The summed E-state index contributed by atoms with van der Waals surface area (Å²) in [6.07, 6.45) is 1.47. The summed E-state index contributed by atoms with van der Waals surface area (Å²) in [4.78, 5) is 37.9. The van der Waals surface area contributed by atoms with E-state index in [9.17, 15) is 14.4 Å². The van der Waals surface area contributed by atoms with E-state index < -0.39 is 0 Å². The van der Waals surface area contributed by atoms with Crippen LogP contribution in [-0.2, 0) is 23.9 Å². The first-order chi connectivity index (χ1) is 13.5. The van der Waals surface area contributed by atoms with Crippen molar-refractivity contribution < 1.29 is 65.6 Å². The molecule has 0 aromatic carbocycles. The molecule has 0 aromatic heterocycles. The molecule has 0 aliphatic rings. The molecular formula is C23H42CeNO5-. The van der Waals surface area contributed by atoms with E-state index in [1.165, 1.54) is 0 Å². The van der Waals surface area contributed by atoms with E-state index in [0.29, 0.717) is 45.2 Å². The standard InChI is InChI=1S/C23H42NO5.Ce/c1-16(2)13-19(7)23(27)24(8)20(14-28-11-9-21(25)17(3)4)15-29-12-10-22(26)18(5)6;/h16-18,20H,9-15H2,1-8H3;/q-1;. The van der Waals surface area contributed by atoms with Crippen molar-refractivity contribution in [2.75, 3.05) is 33.5 Å². The van der Waals surface area contributed by atoms with Gasteiger partial charge in [-0.3, -0.25) is 15.5 Å². The molecular weight excluding hydrogens is 510 g/mol. The van der Waals surface area contributed by atoms with Crippen molar-refractivity contribution in [3.8, 4) is 0 Å². The zero-order chi connectivity index (χ0) is 22.6. The third-order valence-corrected chi connectivity index (χ3v) is 4.84. The summed E-state index contributed by atoms with van der Waals surface area (Å²) in [7, 11) is 1.75. The molecule has 0 saturated heterocycles. The van der Waals surface area contributed by atoms with Crippen LogP contribution < -0.4 is 0 Å². The normalized spacial score (nSPS) is 11.2. The molecule has 1 amide bonds. The monoisotopic (exact) mass is 552 g/mol. The van der Waals surface area contributed by atoms with Crippen LogP contribution >= 0.6 is 0 Å². The second kappa shape index (κ2) is 17.5. The quantitative estimate of drug-likeness (QED) is 0.216. The number of ketones is 2. The number of hydrogen-bond donors (Lipinski definition) is 0. The molecule has 0 N–H and O–H groups in total. The second-order valence-electron chi connectivity index (χ2n) is 8.84. The number of carbonyl (C=O) groups excluding carboxylic acids is 3. The molecule has 0 heterocycles. The molecule has 0 rings (SSSR count). The van der Waals surface area contributed by atoms with Crippen LogP contribution in [-0.4, -0.2) is 61.9 Å². The SMILES string of the molecule is C[C-](CC(C)C)C(=O)N(C)C(COCCC(=O)C(C)C)COCCC(=O)C(C)C.[Ce]. The molecule has 0 aliphatic heterocycles. The van der Waals surface area contributed by atoms with Gasteiger partial charge in [0, 0.05) is 73.5 Å². The third kappa shape index (κ3) is 14.1. The summed E-state index contributed by atoms with van der Waals surface area (Å²) in [6, 6.07) is -0.270. The Kier molecular flexibility index (Phi) is 18.8. The van der Waals surface area contributed by atoms with E-state index >= 15 is 0 Å². The largest absolute Gasteiger partial charge is 0.379 e. The van der Waals surface area contributed by atoms with Crippen LogP contribution in [0.1, 0.15) is 67.7 Å². The van der Waals surface area contributed by atoms with Crippen molar-refractivity contribution in [2.24, 2.45) is 17.8 Å². The van der Waals surface area contributed by atoms with Crippen LogP contribution in [0.15, 0.2) is 0 Å². The van der Waals surface area contributed by atoms with Crippen molar-refractivity contribution in [2.45, 2.75) is 73.8 Å². The van der Waals surface area contributed by atoms with Gasteiger partial charge in [0.1, 0.15) is 11.6 Å². The fourth-order valence-corrected chi connectivity index (χ4v) is 2.80. The summed E-state index contributed by atoms with van der Waals surface area (Å²) >= 11 is 0. The molecule has 0 bridgehead atoms. The average Bonchev–Trinajstić information content (AvgIpc) is 2.64. The number of amides is 1. The van der Waals surface area contributed by atoms with Crippen LogP contribution in [0.3, 0.4) is 0 Å². The molecule has 174 valence electrons. The Labute approximate surface area is 217 Å². The van der Waals surface area contributed by atoms with Crippen molar-refractivity contribution in [3.05, 3.63) is 5.92 Å². The van der Waals surface area contributed by atoms with Crippen LogP contribution in [0.25, 0.3) is 0 Å². The van der Waals surface area contributed by atoms with Gasteiger partial charge in [0.05, 0.1) is 38.4 Å². The van der Waals surface area contributed by atoms with Crippen LogP contribution in [0, 0.1) is 65.4 Å². The third-order valence-electron chi connectivity index (χ3n) is 4.84. The Morgan fingerprint density at radius 3 is 1.57 bits per heavy atom. The first-order valence-electron chi connectivity index (χ1n) is 10.8. The maximum Gasteiger partial charge on any atom is 0.137 e. The molecule has 0 unspecified atom stereocenters. The second-order valence-corrected chi connectivity index (χ2v) is 8.84. The van der Waals surface area contributed by atoms with Crippen LogP contribution in [0.2, 0.25) is 0 Å². The van der Waals surface area contributed by atoms with Crippen molar-refractivity contribution in [1.82, 2.24) is 4.90 Å². The van der Waals surface area contributed by atoms with Crippen LogP contribution in [0.5, 0.6) is 0 Å². The Morgan fingerprint density at radius 2 is 1.23 bits per heavy atom. The van der Waals surface area contributed by atoms with Gasteiger partial charge < -0.3 is 19.2 Å². The maximum atomic E-state index is 12.7. The molecule has 0 fully saturated rings. The molecule has 0 radical (unpaired) electrons. The minimum Gasteiger partial charge on any atom is -0.379 e. The van der Waals surface area contributed by atoms with E-state index in [4.69, 9.17) is 9.47 Å².